The number of imide groups is 1. The van der Waals surface area contributed by atoms with Crippen molar-refractivity contribution in [3.63, 3.8) is 0 Å². The van der Waals surface area contributed by atoms with E-state index in [9.17, 15) is 9.59 Å². The fourth-order valence-corrected chi connectivity index (χ4v) is 5.93. The molecule has 0 aromatic heterocycles. The summed E-state index contributed by atoms with van der Waals surface area (Å²) in [4.78, 5) is 27.5. The minimum absolute atomic E-state index is 0.199. The first kappa shape index (κ1) is 26.6. The molecule has 0 spiro atoms. The molecule has 190 valence electrons. The first-order valence-electron chi connectivity index (χ1n) is 12.0. The van der Waals surface area contributed by atoms with Crippen molar-refractivity contribution in [1.29, 1.82) is 0 Å². The third kappa shape index (κ3) is 6.28. The number of rotatable bonds is 9. The van der Waals surface area contributed by atoms with Crippen LogP contribution in [0.5, 0.6) is 11.5 Å². The zero-order chi connectivity index (χ0) is 25.7. The normalized spacial score (nSPS) is 17.6. The Morgan fingerprint density at radius 3 is 2.58 bits per heavy atom. The van der Waals surface area contributed by atoms with Crippen LogP contribution in [0.1, 0.15) is 48.8 Å². The molecule has 0 bridgehead atoms. The molecule has 0 atom stereocenters. The number of amides is 2. The van der Waals surface area contributed by atoms with Crippen LogP contribution >= 0.6 is 35.0 Å². The van der Waals surface area contributed by atoms with E-state index in [0.717, 1.165) is 41.3 Å². The number of ether oxygens (including phenoxy) is 2. The van der Waals surface area contributed by atoms with E-state index in [-0.39, 0.29) is 17.8 Å². The van der Waals surface area contributed by atoms with E-state index < -0.39 is 0 Å². The lowest BCUT2D eigenvalue weighted by molar-refractivity contribution is -0.123. The molecule has 36 heavy (non-hydrogen) atoms. The number of nitrogens with zero attached hydrogens (tertiary/aromatic N) is 1. The van der Waals surface area contributed by atoms with Crippen molar-refractivity contribution >= 4 is 52.2 Å². The number of allylic oxidation sites excluding steroid dienone is 1. The maximum atomic E-state index is 13.1. The number of hydrogen-bond donors (Lipinski definition) is 0. The summed E-state index contributed by atoms with van der Waals surface area (Å²) in [5.74, 6) is 1.27. The van der Waals surface area contributed by atoms with Crippen molar-refractivity contribution in [3.05, 3.63) is 74.6 Å². The average Bonchev–Trinajstić information content (AvgIpc) is 3.12. The topological polar surface area (TPSA) is 55.8 Å². The van der Waals surface area contributed by atoms with Crippen LogP contribution in [0, 0.1) is 5.92 Å². The van der Waals surface area contributed by atoms with Gasteiger partial charge in [-0.25, -0.2) is 0 Å². The second-order valence-electron chi connectivity index (χ2n) is 9.02. The van der Waals surface area contributed by atoms with E-state index in [1.54, 1.807) is 37.5 Å². The second kappa shape index (κ2) is 12.2. The number of thioether (sulfide) groups is 1. The zero-order valence-electron chi connectivity index (χ0n) is 20.2. The predicted molar refractivity (Wildman–Crippen MR) is 147 cm³/mol. The van der Waals surface area contributed by atoms with Gasteiger partial charge < -0.3 is 9.47 Å². The zero-order valence-corrected chi connectivity index (χ0v) is 22.6. The monoisotopic (exact) mass is 545 g/mol. The summed E-state index contributed by atoms with van der Waals surface area (Å²) in [5.41, 5.74) is 2.40. The van der Waals surface area contributed by atoms with E-state index in [0.29, 0.717) is 45.3 Å². The highest BCUT2D eigenvalue weighted by Crippen LogP contribution is 2.38. The summed E-state index contributed by atoms with van der Waals surface area (Å²) in [5, 5.41) is 0.878. The largest absolute Gasteiger partial charge is 0.493 e. The van der Waals surface area contributed by atoms with Gasteiger partial charge in [-0.2, -0.15) is 0 Å². The summed E-state index contributed by atoms with van der Waals surface area (Å²) < 4.78 is 11.8. The van der Waals surface area contributed by atoms with Gasteiger partial charge in [-0.05, 0) is 72.8 Å². The van der Waals surface area contributed by atoms with Gasteiger partial charge in [-0.1, -0.05) is 54.6 Å². The Bertz CT molecular complexity index is 1190. The lowest BCUT2D eigenvalue weighted by atomic mass is 9.89. The van der Waals surface area contributed by atoms with Crippen LogP contribution in [0.3, 0.4) is 0 Å². The summed E-state index contributed by atoms with van der Waals surface area (Å²) in [6, 6.07) is 8.99. The lowest BCUT2D eigenvalue weighted by Gasteiger charge is -2.25. The smallest absolute Gasteiger partial charge is 0.293 e. The highest BCUT2D eigenvalue weighted by atomic mass is 35.5. The molecular weight excluding hydrogens is 517 g/mol. The van der Waals surface area contributed by atoms with E-state index >= 15 is 0 Å². The number of halogens is 2. The predicted octanol–water partition coefficient (Wildman–Crippen LogP) is 7.93. The van der Waals surface area contributed by atoms with Crippen LogP contribution in [0.2, 0.25) is 10.0 Å². The second-order valence-corrected chi connectivity index (χ2v) is 10.9. The molecule has 8 heteroatoms. The first-order chi connectivity index (χ1) is 17.4. The fourth-order valence-electron chi connectivity index (χ4n) is 4.61. The highest BCUT2D eigenvalue weighted by molar-refractivity contribution is 8.18. The van der Waals surface area contributed by atoms with E-state index in [1.807, 2.05) is 12.1 Å². The van der Waals surface area contributed by atoms with Crippen molar-refractivity contribution in [2.45, 2.75) is 45.1 Å². The summed E-state index contributed by atoms with van der Waals surface area (Å²) in [6.45, 7) is 4.60. The van der Waals surface area contributed by atoms with Gasteiger partial charge in [0.05, 0.1) is 12.0 Å². The van der Waals surface area contributed by atoms with Gasteiger partial charge in [0, 0.05) is 27.7 Å². The highest BCUT2D eigenvalue weighted by Gasteiger charge is 2.36. The molecule has 1 aliphatic carbocycles. The molecule has 5 nitrogen and oxygen atoms in total. The molecule has 1 saturated heterocycles. The van der Waals surface area contributed by atoms with Crippen molar-refractivity contribution < 1.29 is 19.1 Å². The van der Waals surface area contributed by atoms with Gasteiger partial charge in [0.15, 0.2) is 11.5 Å². The molecule has 2 aliphatic rings. The van der Waals surface area contributed by atoms with E-state index in [1.165, 1.54) is 24.2 Å². The van der Waals surface area contributed by atoms with Gasteiger partial charge in [0.1, 0.15) is 6.61 Å². The van der Waals surface area contributed by atoms with Gasteiger partial charge in [-0.3, -0.25) is 14.5 Å². The SMILES string of the molecule is C=CCc1cc(/C=C2/SC(=O)N(CC3CCCCC3)C2=O)cc(OC)c1OCc1ccc(Cl)cc1Cl. The van der Waals surface area contributed by atoms with Crippen LogP contribution in [0.15, 0.2) is 47.9 Å². The van der Waals surface area contributed by atoms with Crippen molar-refractivity contribution in [2.75, 3.05) is 13.7 Å². The summed E-state index contributed by atoms with van der Waals surface area (Å²) in [6.07, 6.45) is 9.78. The average molecular weight is 547 g/mol. The minimum Gasteiger partial charge on any atom is -0.493 e. The Hall–Kier alpha value is -2.41. The van der Waals surface area contributed by atoms with Crippen LogP contribution in [-0.4, -0.2) is 29.7 Å². The van der Waals surface area contributed by atoms with Crippen molar-refractivity contribution in [3.8, 4) is 11.5 Å². The van der Waals surface area contributed by atoms with Crippen molar-refractivity contribution in [1.82, 2.24) is 4.90 Å². The minimum atomic E-state index is -0.225. The number of carbonyl (C=O) groups excluding carboxylic acids is 2. The van der Waals surface area contributed by atoms with E-state index in [4.69, 9.17) is 32.7 Å². The molecule has 2 fully saturated rings. The van der Waals surface area contributed by atoms with Gasteiger partial charge in [0.2, 0.25) is 0 Å². The Balaban J connectivity index is 1.57. The van der Waals surface area contributed by atoms with Gasteiger partial charge in [0.25, 0.3) is 11.1 Å². The summed E-state index contributed by atoms with van der Waals surface area (Å²) in [7, 11) is 1.57. The third-order valence-electron chi connectivity index (χ3n) is 6.46. The molecule has 1 aliphatic heterocycles. The van der Waals surface area contributed by atoms with Crippen LogP contribution in [-0.2, 0) is 17.8 Å². The Kier molecular flexibility index (Phi) is 9.04. The van der Waals surface area contributed by atoms with Crippen LogP contribution < -0.4 is 9.47 Å². The quantitative estimate of drug-likeness (QED) is 0.236. The molecule has 2 aromatic rings. The van der Waals surface area contributed by atoms with E-state index in [2.05, 4.69) is 6.58 Å². The molecule has 2 aromatic carbocycles. The number of carbonyl (C=O) groups is 2. The number of benzene rings is 2. The standard InChI is InChI=1S/C28H29Cl2NO4S/c1-3-7-20-12-19(13-24(34-2)26(20)35-17-21-10-11-22(29)15-23(21)30)14-25-27(32)31(28(33)36-25)16-18-8-5-4-6-9-18/h3,10-15,18H,1,4-9,16-17H2,2H3/b25-14+. The van der Waals surface area contributed by atoms with Crippen LogP contribution in [0.25, 0.3) is 6.08 Å². The lowest BCUT2D eigenvalue weighted by Crippen LogP contribution is -2.34. The first-order valence-corrected chi connectivity index (χ1v) is 13.6. The molecule has 0 unspecified atom stereocenters. The molecule has 0 N–H and O–H groups in total. The maximum Gasteiger partial charge on any atom is 0.293 e. The van der Waals surface area contributed by atoms with Crippen LogP contribution in [0.4, 0.5) is 4.79 Å². The third-order valence-corrected chi connectivity index (χ3v) is 7.96. The molecule has 1 heterocycles. The number of hydrogen-bond acceptors (Lipinski definition) is 5. The Morgan fingerprint density at radius 1 is 1.11 bits per heavy atom. The molecule has 1 saturated carbocycles. The summed E-state index contributed by atoms with van der Waals surface area (Å²) >= 11 is 13.3. The Labute approximate surface area is 226 Å². The fraction of sp³-hybridized carbons (Fsp3) is 0.357. The molecular formula is C28H29Cl2NO4S. The van der Waals surface area contributed by atoms with Gasteiger partial charge >= 0.3 is 0 Å². The molecule has 0 radical (unpaired) electrons. The van der Waals surface area contributed by atoms with Crippen molar-refractivity contribution in [2.24, 2.45) is 5.92 Å². The molecule has 4 rings (SSSR count). The molecule has 2 amide bonds. The Morgan fingerprint density at radius 2 is 1.89 bits per heavy atom. The maximum absolute atomic E-state index is 13.1. The van der Waals surface area contributed by atoms with Gasteiger partial charge in [-0.15, -0.1) is 6.58 Å². The number of methoxy groups -OCH3 is 1.